The van der Waals surface area contributed by atoms with Gasteiger partial charge in [-0.3, -0.25) is 0 Å². The lowest BCUT2D eigenvalue weighted by molar-refractivity contribution is 0.136. The molecule has 1 aromatic carbocycles. The number of amides is 1. The number of carbonyl (C=O) groups excluding carboxylic acids is 1. The second-order valence-electron chi connectivity index (χ2n) is 4.28. The molecular weight excluding hydrogens is 294 g/mol. The average Bonchev–Trinajstić information content (AvgIpc) is 2.40. The van der Waals surface area contributed by atoms with Crippen molar-refractivity contribution in [3.63, 3.8) is 0 Å². The first-order chi connectivity index (χ1) is 8.75. The Morgan fingerprint density at radius 1 is 1.39 bits per heavy atom. The van der Waals surface area contributed by atoms with Crippen molar-refractivity contribution in [2.75, 3.05) is 0 Å². The fourth-order valence-corrected chi connectivity index (χ4v) is 2.46. The average molecular weight is 310 g/mol. The second-order valence-corrected chi connectivity index (χ2v) is 5.19. The summed E-state index contributed by atoms with van der Waals surface area (Å²) in [5.74, 6) is 0. The molecule has 1 unspecified atom stereocenters. The summed E-state index contributed by atoms with van der Waals surface area (Å²) < 4.78 is 6.23. The van der Waals surface area contributed by atoms with Crippen LogP contribution in [0.25, 0.3) is 0 Å². The summed E-state index contributed by atoms with van der Waals surface area (Å²) >= 11 is 3.47. The minimum Gasteiger partial charge on any atom is -0.445 e. The van der Waals surface area contributed by atoms with Crippen molar-refractivity contribution in [2.45, 2.75) is 31.9 Å². The number of ether oxygens (including phenoxy) is 1. The Morgan fingerprint density at radius 2 is 2.17 bits per heavy atom. The summed E-state index contributed by atoms with van der Waals surface area (Å²) in [7, 11) is 0. The van der Waals surface area contributed by atoms with Gasteiger partial charge in [-0.25, -0.2) is 4.79 Å². The van der Waals surface area contributed by atoms with Crippen LogP contribution in [0.1, 0.15) is 24.8 Å². The van der Waals surface area contributed by atoms with E-state index in [4.69, 9.17) is 4.74 Å². The van der Waals surface area contributed by atoms with Crippen molar-refractivity contribution in [1.29, 1.82) is 0 Å². The number of carbonyl (C=O) groups is 1. The first kappa shape index (κ1) is 13.1. The minimum absolute atomic E-state index is 0.0574. The maximum atomic E-state index is 11.6. The van der Waals surface area contributed by atoms with Crippen molar-refractivity contribution < 1.29 is 9.53 Å². The molecule has 1 atom stereocenters. The molecule has 4 heteroatoms. The molecule has 0 fully saturated rings. The van der Waals surface area contributed by atoms with E-state index in [1.165, 1.54) is 0 Å². The highest BCUT2D eigenvalue weighted by atomic mass is 79.9. The van der Waals surface area contributed by atoms with Gasteiger partial charge in [0.25, 0.3) is 0 Å². The molecule has 0 spiro atoms. The topological polar surface area (TPSA) is 38.3 Å². The molecule has 18 heavy (non-hydrogen) atoms. The summed E-state index contributed by atoms with van der Waals surface area (Å²) in [5.41, 5.74) is 0.992. The molecule has 0 aromatic heterocycles. The smallest absolute Gasteiger partial charge is 0.407 e. The fourth-order valence-electron chi connectivity index (χ4n) is 1.89. The van der Waals surface area contributed by atoms with Crippen LogP contribution >= 0.6 is 15.9 Å². The van der Waals surface area contributed by atoms with Gasteiger partial charge in [0.2, 0.25) is 0 Å². The Labute approximate surface area is 115 Å². The predicted molar refractivity (Wildman–Crippen MR) is 74.4 cm³/mol. The van der Waals surface area contributed by atoms with E-state index in [-0.39, 0.29) is 12.1 Å². The van der Waals surface area contributed by atoms with Gasteiger partial charge in [-0.2, -0.15) is 0 Å². The van der Waals surface area contributed by atoms with Gasteiger partial charge in [0.05, 0.1) is 6.04 Å². The van der Waals surface area contributed by atoms with E-state index in [0.29, 0.717) is 6.61 Å². The first-order valence-corrected chi connectivity index (χ1v) is 6.88. The number of nitrogens with one attached hydrogen (secondary N) is 1. The van der Waals surface area contributed by atoms with Crippen LogP contribution in [-0.4, -0.2) is 12.1 Å². The summed E-state index contributed by atoms with van der Waals surface area (Å²) in [6.45, 7) is 0.306. The molecule has 1 amide bonds. The SMILES string of the molecule is O=C(NC1CCCC=C1Br)OCc1ccccc1. The third-order valence-electron chi connectivity index (χ3n) is 2.87. The van der Waals surface area contributed by atoms with Crippen LogP contribution < -0.4 is 5.32 Å². The van der Waals surface area contributed by atoms with E-state index in [9.17, 15) is 4.79 Å². The second kappa shape index (κ2) is 6.59. The van der Waals surface area contributed by atoms with E-state index in [1.54, 1.807) is 0 Å². The molecule has 96 valence electrons. The quantitative estimate of drug-likeness (QED) is 0.923. The Kier molecular flexibility index (Phi) is 4.81. The van der Waals surface area contributed by atoms with Gasteiger partial charge in [0.15, 0.2) is 0 Å². The van der Waals surface area contributed by atoms with Gasteiger partial charge < -0.3 is 10.1 Å². The number of benzene rings is 1. The molecule has 1 aliphatic carbocycles. The Morgan fingerprint density at radius 3 is 2.89 bits per heavy atom. The summed E-state index contributed by atoms with van der Waals surface area (Å²) in [6.07, 6.45) is 4.86. The van der Waals surface area contributed by atoms with E-state index in [1.807, 2.05) is 30.3 Å². The van der Waals surface area contributed by atoms with Gasteiger partial charge >= 0.3 is 6.09 Å². The highest BCUT2D eigenvalue weighted by molar-refractivity contribution is 9.11. The highest BCUT2D eigenvalue weighted by Crippen LogP contribution is 2.23. The lowest BCUT2D eigenvalue weighted by Gasteiger charge is -2.21. The summed E-state index contributed by atoms with van der Waals surface area (Å²) in [4.78, 5) is 11.6. The first-order valence-electron chi connectivity index (χ1n) is 6.08. The van der Waals surface area contributed by atoms with Gasteiger partial charge in [0, 0.05) is 4.48 Å². The molecule has 0 radical (unpaired) electrons. The van der Waals surface area contributed by atoms with Crippen molar-refractivity contribution in [3.8, 4) is 0 Å². The molecule has 3 nitrogen and oxygen atoms in total. The highest BCUT2D eigenvalue weighted by Gasteiger charge is 2.18. The van der Waals surface area contributed by atoms with Crippen LogP contribution in [0.4, 0.5) is 4.79 Å². The van der Waals surface area contributed by atoms with Crippen molar-refractivity contribution in [2.24, 2.45) is 0 Å². The summed E-state index contributed by atoms with van der Waals surface area (Å²) in [5, 5.41) is 2.86. The fraction of sp³-hybridized carbons (Fsp3) is 0.357. The minimum atomic E-state index is -0.365. The number of halogens is 1. The van der Waals surface area contributed by atoms with E-state index in [2.05, 4.69) is 27.3 Å². The largest absolute Gasteiger partial charge is 0.445 e. The molecule has 2 rings (SSSR count). The number of allylic oxidation sites excluding steroid dienone is 1. The van der Waals surface area contributed by atoms with Crippen LogP contribution in [0, 0.1) is 0 Å². The molecule has 0 aliphatic heterocycles. The van der Waals surface area contributed by atoms with Crippen molar-refractivity contribution >= 4 is 22.0 Å². The Hall–Kier alpha value is -1.29. The lowest BCUT2D eigenvalue weighted by atomic mass is 10.0. The molecule has 1 aromatic rings. The number of hydrogen-bond donors (Lipinski definition) is 1. The molecule has 0 heterocycles. The van der Waals surface area contributed by atoms with Crippen molar-refractivity contribution in [1.82, 2.24) is 5.32 Å². The molecule has 0 saturated carbocycles. The van der Waals surface area contributed by atoms with Gasteiger partial charge in [-0.05, 0) is 24.8 Å². The molecule has 0 bridgehead atoms. The zero-order valence-corrected chi connectivity index (χ0v) is 11.7. The third-order valence-corrected chi connectivity index (χ3v) is 3.75. The van der Waals surface area contributed by atoms with Crippen molar-refractivity contribution in [3.05, 3.63) is 46.5 Å². The zero-order chi connectivity index (χ0) is 12.8. The maximum absolute atomic E-state index is 11.6. The van der Waals surface area contributed by atoms with Crippen LogP contribution in [0.2, 0.25) is 0 Å². The number of alkyl carbamates (subject to hydrolysis) is 1. The van der Waals surface area contributed by atoms with E-state index < -0.39 is 0 Å². The van der Waals surface area contributed by atoms with Gasteiger partial charge in [-0.1, -0.05) is 52.3 Å². The van der Waals surface area contributed by atoms with Crippen LogP contribution in [0.5, 0.6) is 0 Å². The van der Waals surface area contributed by atoms with Crippen LogP contribution in [-0.2, 0) is 11.3 Å². The monoisotopic (exact) mass is 309 g/mol. The van der Waals surface area contributed by atoms with Gasteiger partial charge in [0.1, 0.15) is 6.61 Å². The summed E-state index contributed by atoms with van der Waals surface area (Å²) in [6, 6.07) is 9.72. The maximum Gasteiger partial charge on any atom is 0.407 e. The predicted octanol–water partition coefficient (Wildman–Crippen LogP) is 3.74. The lowest BCUT2D eigenvalue weighted by Crippen LogP contribution is -2.36. The zero-order valence-electron chi connectivity index (χ0n) is 10.1. The molecular formula is C14H16BrNO2. The number of rotatable bonds is 3. The standard InChI is InChI=1S/C14H16BrNO2/c15-12-8-4-5-9-13(12)16-14(17)18-10-11-6-2-1-3-7-11/h1-3,6-8,13H,4-5,9-10H2,(H,16,17). The molecule has 0 saturated heterocycles. The van der Waals surface area contributed by atoms with Crippen LogP contribution in [0.3, 0.4) is 0 Å². The van der Waals surface area contributed by atoms with E-state index >= 15 is 0 Å². The normalized spacial score (nSPS) is 18.9. The Balaban J connectivity index is 1.79. The number of hydrogen-bond acceptors (Lipinski definition) is 2. The third kappa shape index (κ3) is 3.88. The van der Waals surface area contributed by atoms with E-state index in [0.717, 1.165) is 29.3 Å². The molecule has 1 N–H and O–H groups in total. The Bertz CT molecular complexity index is 431. The van der Waals surface area contributed by atoms with Gasteiger partial charge in [-0.15, -0.1) is 0 Å². The van der Waals surface area contributed by atoms with Crippen LogP contribution in [0.15, 0.2) is 40.9 Å². The molecule has 1 aliphatic rings.